The van der Waals surface area contributed by atoms with Gasteiger partial charge in [-0.3, -0.25) is 0 Å². The summed E-state index contributed by atoms with van der Waals surface area (Å²) in [6.45, 7) is 3.85. The molecule has 4 rings (SSSR count). The largest absolute Gasteiger partial charge is 0.458 e. The molecule has 1 fully saturated rings. The summed E-state index contributed by atoms with van der Waals surface area (Å²) in [6, 6.07) is 14.7. The maximum absolute atomic E-state index is 12.5. The van der Waals surface area contributed by atoms with Gasteiger partial charge in [-0.05, 0) is 71.5 Å². The molecule has 3 heteroatoms. The van der Waals surface area contributed by atoms with E-state index >= 15 is 0 Å². The van der Waals surface area contributed by atoms with Gasteiger partial charge in [0, 0.05) is 11.7 Å². The van der Waals surface area contributed by atoms with Gasteiger partial charge in [0.05, 0.1) is 5.56 Å². The van der Waals surface area contributed by atoms with E-state index in [1.807, 2.05) is 12.3 Å². The summed E-state index contributed by atoms with van der Waals surface area (Å²) in [5, 5.41) is 1.18. The first-order chi connectivity index (χ1) is 12.2. The molecule has 1 aliphatic carbocycles. The van der Waals surface area contributed by atoms with Crippen molar-refractivity contribution in [1.29, 1.82) is 0 Å². The second-order valence-electron chi connectivity index (χ2n) is 6.65. The third-order valence-electron chi connectivity index (χ3n) is 4.75. The minimum Gasteiger partial charge on any atom is -0.458 e. The van der Waals surface area contributed by atoms with Crippen molar-refractivity contribution in [1.82, 2.24) is 4.98 Å². The van der Waals surface area contributed by atoms with E-state index in [1.165, 1.54) is 29.4 Å². The lowest BCUT2D eigenvalue weighted by Crippen LogP contribution is -2.09. The quantitative estimate of drug-likeness (QED) is 0.511. The lowest BCUT2D eigenvalue weighted by atomic mass is 9.96. The van der Waals surface area contributed by atoms with E-state index in [-0.39, 0.29) is 12.6 Å². The van der Waals surface area contributed by atoms with Crippen LogP contribution in [0.25, 0.3) is 10.9 Å². The molecule has 1 aromatic heterocycles. The Kier molecular flexibility index (Phi) is 4.14. The van der Waals surface area contributed by atoms with E-state index in [2.05, 4.69) is 48.0 Å². The monoisotopic (exact) mass is 331 g/mol. The van der Waals surface area contributed by atoms with E-state index in [0.717, 1.165) is 11.1 Å². The minimum absolute atomic E-state index is 0.237. The van der Waals surface area contributed by atoms with Crippen LogP contribution in [-0.2, 0) is 11.2 Å². The van der Waals surface area contributed by atoms with Crippen molar-refractivity contribution in [2.45, 2.75) is 25.2 Å². The predicted octanol–water partition coefficient (Wildman–Crippen LogP) is 4.98. The van der Waals surface area contributed by atoms with Crippen LogP contribution in [0.1, 0.15) is 45.8 Å². The van der Waals surface area contributed by atoms with Crippen molar-refractivity contribution >= 4 is 16.9 Å². The number of ether oxygens (including phenoxy) is 1. The summed E-state index contributed by atoms with van der Waals surface area (Å²) < 4.78 is 5.31. The molecule has 0 spiro atoms. The molecule has 3 nitrogen and oxygen atoms in total. The van der Waals surface area contributed by atoms with Crippen molar-refractivity contribution in [3.05, 3.63) is 83.6 Å². The van der Waals surface area contributed by atoms with Gasteiger partial charge in [0.1, 0.15) is 6.61 Å². The standard InChI is InChI=1S/C22H21NO2/c1-2-11-25-22(24)20-14-17(16-4-5-16)6-7-18(20)12-15-3-8-21-19(13-15)9-10-23-21/h2-3,6-10,13-14,16,23H,1,4-5,11-12H2. The molecule has 126 valence electrons. The molecule has 3 aromatic rings. The van der Waals surface area contributed by atoms with E-state index in [4.69, 9.17) is 4.74 Å². The third-order valence-corrected chi connectivity index (χ3v) is 4.75. The van der Waals surface area contributed by atoms with Crippen LogP contribution in [0.3, 0.4) is 0 Å². The molecule has 1 heterocycles. The van der Waals surface area contributed by atoms with Crippen molar-refractivity contribution < 1.29 is 9.53 Å². The maximum Gasteiger partial charge on any atom is 0.338 e. The number of hydrogen-bond acceptors (Lipinski definition) is 2. The molecule has 0 unspecified atom stereocenters. The fraction of sp³-hybridized carbons (Fsp3) is 0.227. The van der Waals surface area contributed by atoms with Gasteiger partial charge in [0.15, 0.2) is 0 Å². The number of fused-ring (bicyclic) bond motifs is 1. The molecule has 25 heavy (non-hydrogen) atoms. The Labute approximate surface area is 147 Å². The number of aromatic nitrogens is 1. The molecular weight excluding hydrogens is 310 g/mol. The van der Waals surface area contributed by atoms with Gasteiger partial charge in [-0.2, -0.15) is 0 Å². The zero-order valence-corrected chi connectivity index (χ0v) is 14.1. The van der Waals surface area contributed by atoms with Crippen LogP contribution < -0.4 is 0 Å². The van der Waals surface area contributed by atoms with E-state index in [9.17, 15) is 4.79 Å². The van der Waals surface area contributed by atoms with Crippen LogP contribution >= 0.6 is 0 Å². The Morgan fingerprint density at radius 3 is 2.88 bits per heavy atom. The van der Waals surface area contributed by atoms with E-state index in [0.29, 0.717) is 17.9 Å². The van der Waals surface area contributed by atoms with Crippen LogP contribution in [-0.4, -0.2) is 17.6 Å². The summed E-state index contributed by atoms with van der Waals surface area (Å²) in [4.78, 5) is 15.7. The summed E-state index contributed by atoms with van der Waals surface area (Å²) in [5.41, 5.74) is 5.24. The first-order valence-corrected chi connectivity index (χ1v) is 8.71. The van der Waals surface area contributed by atoms with Gasteiger partial charge < -0.3 is 9.72 Å². The Hall–Kier alpha value is -2.81. The van der Waals surface area contributed by atoms with Crippen molar-refractivity contribution in [3.8, 4) is 0 Å². The molecule has 1 N–H and O–H groups in total. The zero-order valence-electron chi connectivity index (χ0n) is 14.1. The SMILES string of the molecule is C=CCOC(=O)c1cc(C2CC2)ccc1Cc1ccc2[nH]ccc2c1. The van der Waals surface area contributed by atoms with E-state index < -0.39 is 0 Å². The molecule has 1 aliphatic rings. The van der Waals surface area contributed by atoms with Crippen molar-refractivity contribution in [2.75, 3.05) is 6.61 Å². The lowest BCUT2D eigenvalue weighted by Gasteiger charge is -2.11. The average Bonchev–Trinajstić information content (AvgIpc) is 3.38. The summed E-state index contributed by atoms with van der Waals surface area (Å²) in [5.74, 6) is 0.344. The third kappa shape index (κ3) is 3.36. The number of benzene rings is 2. The molecule has 0 saturated heterocycles. The van der Waals surface area contributed by atoms with Gasteiger partial charge >= 0.3 is 5.97 Å². The Bertz CT molecular complexity index is 934. The number of H-pyrrole nitrogens is 1. The maximum atomic E-state index is 12.5. The fourth-order valence-electron chi connectivity index (χ4n) is 3.25. The second kappa shape index (κ2) is 6.60. The van der Waals surface area contributed by atoms with Crippen LogP contribution in [0, 0.1) is 0 Å². The van der Waals surface area contributed by atoms with Gasteiger partial charge in [0.2, 0.25) is 0 Å². The number of carbonyl (C=O) groups excluding carboxylic acids is 1. The number of rotatable bonds is 6. The number of esters is 1. The summed E-state index contributed by atoms with van der Waals surface area (Å²) in [6.07, 6.45) is 6.68. The molecule has 2 aromatic carbocycles. The smallest absolute Gasteiger partial charge is 0.338 e. The lowest BCUT2D eigenvalue weighted by molar-refractivity contribution is 0.0548. The molecule has 0 amide bonds. The second-order valence-corrected chi connectivity index (χ2v) is 6.65. The normalized spacial score (nSPS) is 13.8. The summed E-state index contributed by atoms with van der Waals surface area (Å²) in [7, 11) is 0. The number of nitrogens with one attached hydrogen (secondary N) is 1. The topological polar surface area (TPSA) is 42.1 Å². The van der Waals surface area contributed by atoms with Gasteiger partial charge in [-0.15, -0.1) is 0 Å². The van der Waals surface area contributed by atoms with Crippen LogP contribution in [0.4, 0.5) is 0 Å². The zero-order chi connectivity index (χ0) is 17.2. The first-order valence-electron chi connectivity index (χ1n) is 8.71. The van der Waals surface area contributed by atoms with Crippen molar-refractivity contribution in [2.24, 2.45) is 0 Å². The first kappa shape index (κ1) is 15.7. The molecular formula is C22H21NO2. The van der Waals surface area contributed by atoms with E-state index in [1.54, 1.807) is 6.08 Å². The molecule has 1 saturated carbocycles. The predicted molar refractivity (Wildman–Crippen MR) is 100 cm³/mol. The Morgan fingerprint density at radius 2 is 2.08 bits per heavy atom. The Morgan fingerprint density at radius 1 is 1.20 bits per heavy atom. The van der Waals surface area contributed by atoms with Gasteiger partial charge in [-0.25, -0.2) is 4.79 Å². The number of hydrogen-bond donors (Lipinski definition) is 1. The van der Waals surface area contributed by atoms with Crippen molar-refractivity contribution in [3.63, 3.8) is 0 Å². The number of carbonyl (C=O) groups is 1. The van der Waals surface area contributed by atoms with Gasteiger partial charge in [0.25, 0.3) is 0 Å². The minimum atomic E-state index is -0.264. The Balaban J connectivity index is 1.66. The molecule has 0 radical (unpaired) electrons. The average molecular weight is 331 g/mol. The molecule has 0 bridgehead atoms. The highest BCUT2D eigenvalue weighted by molar-refractivity contribution is 5.91. The molecule has 0 aliphatic heterocycles. The highest BCUT2D eigenvalue weighted by atomic mass is 16.5. The fourth-order valence-corrected chi connectivity index (χ4v) is 3.25. The number of aromatic amines is 1. The van der Waals surface area contributed by atoms with Crippen LogP contribution in [0.2, 0.25) is 0 Å². The van der Waals surface area contributed by atoms with Crippen LogP contribution in [0.15, 0.2) is 61.3 Å². The highest BCUT2D eigenvalue weighted by Crippen LogP contribution is 2.40. The van der Waals surface area contributed by atoms with Crippen LogP contribution in [0.5, 0.6) is 0 Å². The summed E-state index contributed by atoms with van der Waals surface area (Å²) >= 11 is 0. The molecule has 0 atom stereocenters. The highest BCUT2D eigenvalue weighted by Gasteiger charge is 2.25. The van der Waals surface area contributed by atoms with Gasteiger partial charge in [-0.1, -0.05) is 30.9 Å².